The number of nitrogens with zero attached hydrogens (tertiary/aromatic N) is 1. The van der Waals surface area contributed by atoms with Gasteiger partial charge in [-0.05, 0) is 24.7 Å². The molecule has 0 atom stereocenters. The van der Waals surface area contributed by atoms with Crippen LogP contribution in [-0.2, 0) is 4.79 Å². The Hall–Kier alpha value is -0.530. The van der Waals surface area contributed by atoms with Crippen molar-refractivity contribution in [3.8, 4) is 0 Å². The van der Waals surface area contributed by atoms with Gasteiger partial charge in [0.05, 0.1) is 0 Å². The van der Waals surface area contributed by atoms with Crippen molar-refractivity contribution in [2.75, 3.05) is 13.1 Å². The highest BCUT2D eigenvalue weighted by Crippen LogP contribution is 2.07. The van der Waals surface area contributed by atoms with Crippen molar-refractivity contribution in [2.24, 2.45) is 11.8 Å². The lowest BCUT2D eigenvalue weighted by Crippen LogP contribution is -2.33. The number of rotatable bonds is 7. The predicted octanol–water partition coefficient (Wildman–Crippen LogP) is 3.32. The maximum atomic E-state index is 11.7. The van der Waals surface area contributed by atoms with Crippen molar-refractivity contribution in [3.63, 3.8) is 0 Å². The fourth-order valence-electron chi connectivity index (χ4n) is 1.41. The number of hydrogen-bond acceptors (Lipinski definition) is 1. The van der Waals surface area contributed by atoms with E-state index in [-0.39, 0.29) is 0 Å². The lowest BCUT2D eigenvalue weighted by molar-refractivity contribution is -0.131. The molecule has 0 spiro atoms. The van der Waals surface area contributed by atoms with Gasteiger partial charge in [-0.3, -0.25) is 4.79 Å². The van der Waals surface area contributed by atoms with Crippen LogP contribution in [0.5, 0.6) is 0 Å². The molecule has 0 rings (SSSR count). The molecule has 1 amide bonds. The first-order valence-corrected chi connectivity index (χ1v) is 6.25. The monoisotopic (exact) mass is 213 g/mol. The largest absolute Gasteiger partial charge is 0.343 e. The molecule has 0 aromatic rings. The molecule has 0 N–H and O–H groups in total. The van der Waals surface area contributed by atoms with Crippen LogP contribution in [0.25, 0.3) is 0 Å². The second-order valence-corrected chi connectivity index (χ2v) is 5.10. The number of carbonyl (C=O) groups is 1. The molecule has 0 aromatic heterocycles. The zero-order chi connectivity index (χ0) is 11.8. The van der Waals surface area contributed by atoms with Crippen LogP contribution in [0.3, 0.4) is 0 Å². The van der Waals surface area contributed by atoms with E-state index in [4.69, 9.17) is 0 Å². The standard InChI is InChI=1S/C13H27NO/c1-6-13(15)14(9-7-11(2)3)10-8-12(4)5/h11-12H,6-10H2,1-5H3. The molecule has 90 valence electrons. The molecule has 15 heavy (non-hydrogen) atoms. The Bertz CT molecular complexity index is 163. The van der Waals surface area contributed by atoms with Gasteiger partial charge in [-0.25, -0.2) is 0 Å². The molecule has 0 fully saturated rings. The molecule has 0 unspecified atom stereocenters. The molecule has 0 aliphatic carbocycles. The van der Waals surface area contributed by atoms with E-state index in [9.17, 15) is 4.79 Å². The molecule has 0 saturated carbocycles. The molecular weight excluding hydrogens is 186 g/mol. The smallest absolute Gasteiger partial charge is 0.222 e. The van der Waals surface area contributed by atoms with Gasteiger partial charge in [-0.2, -0.15) is 0 Å². The normalized spacial score (nSPS) is 11.1. The molecule has 2 heteroatoms. The lowest BCUT2D eigenvalue weighted by Gasteiger charge is -2.24. The van der Waals surface area contributed by atoms with Gasteiger partial charge in [0.25, 0.3) is 0 Å². The first-order chi connectivity index (χ1) is 6.97. The first-order valence-electron chi connectivity index (χ1n) is 6.25. The summed E-state index contributed by atoms with van der Waals surface area (Å²) in [6, 6.07) is 0. The van der Waals surface area contributed by atoms with E-state index in [1.165, 1.54) is 0 Å². The molecule has 0 bridgehead atoms. The zero-order valence-electron chi connectivity index (χ0n) is 11.0. The van der Waals surface area contributed by atoms with Gasteiger partial charge in [-0.1, -0.05) is 34.6 Å². The average Bonchev–Trinajstić information content (AvgIpc) is 2.16. The Kier molecular flexibility index (Phi) is 7.45. The first kappa shape index (κ1) is 14.5. The van der Waals surface area contributed by atoms with Crippen molar-refractivity contribution < 1.29 is 4.79 Å². The van der Waals surface area contributed by atoms with Crippen LogP contribution in [-0.4, -0.2) is 23.9 Å². The van der Waals surface area contributed by atoms with Crippen LogP contribution >= 0.6 is 0 Å². The fraction of sp³-hybridized carbons (Fsp3) is 0.923. The molecule has 0 aromatic carbocycles. The minimum Gasteiger partial charge on any atom is -0.343 e. The quantitative estimate of drug-likeness (QED) is 0.635. The number of carbonyl (C=O) groups excluding carboxylic acids is 1. The summed E-state index contributed by atoms with van der Waals surface area (Å²) in [4.78, 5) is 13.7. The molecule has 0 aliphatic heterocycles. The Morgan fingerprint density at radius 3 is 1.67 bits per heavy atom. The highest BCUT2D eigenvalue weighted by molar-refractivity contribution is 5.75. The van der Waals surface area contributed by atoms with Gasteiger partial charge >= 0.3 is 0 Å². The van der Waals surface area contributed by atoms with Crippen molar-refractivity contribution in [1.82, 2.24) is 4.90 Å². The van der Waals surface area contributed by atoms with Gasteiger partial charge in [0.2, 0.25) is 5.91 Å². The highest BCUT2D eigenvalue weighted by atomic mass is 16.2. The second kappa shape index (κ2) is 7.72. The third kappa shape index (κ3) is 7.40. The van der Waals surface area contributed by atoms with E-state index in [2.05, 4.69) is 27.7 Å². The topological polar surface area (TPSA) is 20.3 Å². The van der Waals surface area contributed by atoms with E-state index in [1.807, 2.05) is 11.8 Å². The summed E-state index contributed by atoms with van der Waals surface area (Å²) in [6.07, 6.45) is 2.86. The Labute approximate surface area is 95.0 Å². The van der Waals surface area contributed by atoms with Crippen molar-refractivity contribution in [2.45, 2.75) is 53.9 Å². The minimum atomic E-state index is 0.302. The molecule has 2 nitrogen and oxygen atoms in total. The number of amides is 1. The van der Waals surface area contributed by atoms with E-state index < -0.39 is 0 Å². The van der Waals surface area contributed by atoms with Crippen molar-refractivity contribution in [3.05, 3.63) is 0 Å². The Balaban J connectivity index is 4.01. The number of hydrogen-bond donors (Lipinski definition) is 0. The summed E-state index contributed by atoms with van der Waals surface area (Å²) in [7, 11) is 0. The Morgan fingerprint density at radius 1 is 1.00 bits per heavy atom. The molecular formula is C13H27NO. The molecule has 0 aliphatic rings. The van der Waals surface area contributed by atoms with E-state index >= 15 is 0 Å². The minimum absolute atomic E-state index is 0.302. The predicted molar refractivity (Wildman–Crippen MR) is 65.8 cm³/mol. The second-order valence-electron chi connectivity index (χ2n) is 5.10. The van der Waals surface area contributed by atoms with Gasteiger partial charge < -0.3 is 4.90 Å². The van der Waals surface area contributed by atoms with Crippen LogP contribution in [0.4, 0.5) is 0 Å². The maximum Gasteiger partial charge on any atom is 0.222 e. The lowest BCUT2D eigenvalue weighted by atomic mass is 10.1. The fourth-order valence-corrected chi connectivity index (χ4v) is 1.41. The van der Waals surface area contributed by atoms with Gasteiger partial charge in [0, 0.05) is 19.5 Å². The van der Waals surface area contributed by atoms with Crippen LogP contribution in [0, 0.1) is 11.8 Å². The molecule has 0 saturated heterocycles. The van der Waals surface area contributed by atoms with E-state index in [1.54, 1.807) is 0 Å². The van der Waals surface area contributed by atoms with Crippen LogP contribution in [0.15, 0.2) is 0 Å². The summed E-state index contributed by atoms with van der Waals surface area (Å²) in [5.41, 5.74) is 0. The third-order valence-corrected chi connectivity index (χ3v) is 2.61. The van der Waals surface area contributed by atoms with Crippen LogP contribution in [0.1, 0.15) is 53.9 Å². The molecule has 0 heterocycles. The summed E-state index contributed by atoms with van der Waals surface area (Å²) in [6.45, 7) is 12.6. The summed E-state index contributed by atoms with van der Waals surface area (Å²) in [5.74, 6) is 1.66. The van der Waals surface area contributed by atoms with Gasteiger partial charge in [0.15, 0.2) is 0 Å². The SMILES string of the molecule is CCC(=O)N(CCC(C)C)CCC(C)C. The van der Waals surface area contributed by atoms with Gasteiger partial charge in [0.1, 0.15) is 0 Å². The summed E-state index contributed by atoms with van der Waals surface area (Å²) < 4.78 is 0. The Morgan fingerprint density at radius 2 is 1.40 bits per heavy atom. The molecule has 0 radical (unpaired) electrons. The third-order valence-electron chi connectivity index (χ3n) is 2.61. The highest BCUT2D eigenvalue weighted by Gasteiger charge is 2.11. The van der Waals surface area contributed by atoms with Crippen molar-refractivity contribution in [1.29, 1.82) is 0 Å². The van der Waals surface area contributed by atoms with Crippen LogP contribution in [0.2, 0.25) is 0 Å². The van der Waals surface area contributed by atoms with Gasteiger partial charge in [-0.15, -0.1) is 0 Å². The van der Waals surface area contributed by atoms with Crippen LogP contribution < -0.4 is 0 Å². The van der Waals surface area contributed by atoms with Crippen molar-refractivity contribution >= 4 is 5.91 Å². The summed E-state index contributed by atoms with van der Waals surface area (Å²) >= 11 is 0. The van der Waals surface area contributed by atoms with E-state index in [0.717, 1.165) is 25.9 Å². The zero-order valence-corrected chi connectivity index (χ0v) is 11.0. The van der Waals surface area contributed by atoms with E-state index in [0.29, 0.717) is 24.2 Å². The average molecular weight is 213 g/mol. The maximum absolute atomic E-state index is 11.7. The summed E-state index contributed by atoms with van der Waals surface area (Å²) in [5, 5.41) is 0.